The molecule has 0 radical (unpaired) electrons. The number of nitrogens with one attached hydrogen (secondary N) is 2. The van der Waals surface area contributed by atoms with Crippen LogP contribution in [0.2, 0.25) is 0 Å². The van der Waals surface area contributed by atoms with Gasteiger partial charge in [-0.25, -0.2) is 0 Å². The fourth-order valence-electron chi connectivity index (χ4n) is 1.35. The molecule has 0 aliphatic rings. The van der Waals surface area contributed by atoms with Crippen LogP contribution in [0.1, 0.15) is 31.7 Å². The number of carbonyl (C=O) groups excluding carboxylic acids is 1. The van der Waals surface area contributed by atoms with Crippen molar-refractivity contribution in [3.8, 4) is 0 Å². The van der Waals surface area contributed by atoms with Crippen LogP contribution in [0.4, 0.5) is 0 Å². The van der Waals surface area contributed by atoms with Crippen molar-refractivity contribution < 1.29 is 4.79 Å². The molecule has 0 spiro atoms. The van der Waals surface area contributed by atoms with Gasteiger partial charge in [0.15, 0.2) is 5.11 Å². The van der Waals surface area contributed by atoms with Gasteiger partial charge < -0.3 is 10.6 Å². The van der Waals surface area contributed by atoms with Crippen molar-refractivity contribution in [2.45, 2.75) is 32.7 Å². The minimum absolute atomic E-state index is 0.0163. The summed E-state index contributed by atoms with van der Waals surface area (Å²) in [5, 5.41) is 6.07. The molecule has 4 heteroatoms. The van der Waals surface area contributed by atoms with E-state index in [0.717, 1.165) is 18.4 Å². The first kappa shape index (κ1) is 13.6. The Balaban J connectivity index is 2.24. The lowest BCUT2D eigenvalue weighted by Gasteiger charge is -2.09. The third-order valence-electron chi connectivity index (χ3n) is 2.31. The van der Waals surface area contributed by atoms with Crippen LogP contribution >= 0.6 is 12.2 Å². The third-order valence-corrected chi connectivity index (χ3v) is 2.55. The molecule has 17 heavy (non-hydrogen) atoms. The fraction of sp³-hybridized carbons (Fsp3) is 0.385. The molecule has 92 valence electrons. The fourth-order valence-corrected chi connectivity index (χ4v) is 1.53. The Labute approximate surface area is 108 Å². The molecule has 0 aliphatic heterocycles. The summed E-state index contributed by atoms with van der Waals surface area (Å²) in [6.07, 6.45) is 2.44. The van der Waals surface area contributed by atoms with Crippen LogP contribution in [-0.4, -0.2) is 11.0 Å². The molecule has 0 atom stereocenters. The van der Waals surface area contributed by atoms with Crippen LogP contribution in [-0.2, 0) is 11.3 Å². The number of hydrogen-bond donors (Lipinski definition) is 2. The highest BCUT2D eigenvalue weighted by Crippen LogP contribution is 1.97. The summed E-state index contributed by atoms with van der Waals surface area (Å²) in [7, 11) is 0. The van der Waals surface area contributed by atoms with Crippen molar-refractivity contribution in [1.82, 2.24) is 10.6 Å². The number of hydrogen-bond acceptors (Lipinski definition) is 2. The summed E-state index contributed by atoms with van der Waals surface area (Å²) in [6.45, 7) is 2.69. The lowest BCUT2D eigenvalue weighted by atomic mass is 10.2. The molecule has 0 fully saturated rings. The lowest BCUT2D eigenvalue weighted by Crippen LogP contribution is -2.38. The first-order valence-electron chi connectivity index (χ1n) is 5.84. The summed E-state index contributed by atoms with van der Waals surface area (Å²) < 4.78 is 0. The molecule has 1 amide bonds. The number of carbonyl (C=O) groups is 1. The predicted octanol–water partition coefficient (Wildman–Crippen LogP) is 2.37. The number of rotatable bonds is 5. The van der Waals surface area contributed by atoms with Crippen molar-refractivity contribution in [2.24, 2.45) is 0 Å². The first-order chi connectivity index (χ1) is 8.22. The van der Waals surface area contributed by atoms with E-state index in [2.05, 4.69) is 17.6 Å². The van der Waals surface area contributed by atoms with Crippen LogP contribution in [0.3, 0.4) is 0 Å². The molecule has 1 aromatic rings. The molecular weight excluding hydrogens is 232 g/mol. The molecule has 0 bridgehead atoms. The van der Waals surface area contributed by atoms with Crippen molar-refractivity contribution in [1.29, 1.82) is 0 Å². The molecule has 3 nitrogen and oxygen atoms in total. The number of unbranched alkanes of at least 4 members (excludes halogenated alkanes) is 1. The third kappa shape index (κ3) is 6.02. The Morgan fingerprint density at radius 1 is 1.29 bits per heavy atom. The molecule has 0 aromatic heterocycles. The molecule has 0 saturated carbocycles. The topological polar surface area (TPSA) is 41.1 Å². The van der Waals surface area contributed by atoms with Gasteiger partial charge in [0.2, 0.25) is 5.91 Å². The van der Waals surface area contributed by atoms with E-state index in [0.29, 0.717) is 18.1 Å². The summed E-state index contributed by atoms with van der Waals surface area (Å²) in [6, 6.07) is 9.93. The Morgan fingerprint density at radius 3 is 2.65 bits per heavy atom. The largest absolute Gasteiger partial charge is 0.358 e. The molecule has 2 N–H and O–H groups in total. The summed E-state index contributed by atoms with van der Waals surface area (Å²) in [5.74, 6) is -0.0163. The van der Waals surface area contributed by atoms with Crippen LogP contribution in [0, 0.1) is 0 Å². The molecular formula is C13H18N2OS. The second-order valence-electron chi connectivity index (χ2n) is 3.82. The van der Waals surface area contributed by atoms with Gasteiger partial charge in [-0.05, 0) is 24.2 Å². The quantitative estimate of drug-likeness (QED) is 0.788. The minimum atomic E-state index is -0.0163. The van der Waals surface area contributed by atoms with E-state index in [1.807, 2.05) is 30.3 Å². The summed E-state index contributed by atoms with van der Waals surface area (Å²) >= 11 is 5.04. The average molecular weight is 250 g/mol. The van der Waals surface area contributed by atoms with E-state index >= 15 is 0 Å². The molecule has 1 rings (SSSR count). The molecule has 0 unspecified atom stereocenters. The van der Waals surface area contributed by atoms with Crippen LogP contribution in [0.5, 0.6) is 0 Å². The second kappa shape index (κ2) is 7.79. The van der Waals surface area contributed by atoms with Crippen LogP contribution in [0.25, 0.3) is 0 Å². The average Bonchev–Trinajstić information content (AvgIpc) is 2.35. The van der Waals surface area contributed by atoms with Crippen molar-refractivity contribution >= 4 is 23.2 Å². The second-order valence-corrected chi connectivity index (χ2v) is 4.23. The SMILES string of the molecule is CCCCC(=O)NC(=S)NCc1ccccc1. The van der Waals surface area contributed by atoms with E-state index < -0.39 is 0 Å². The predicted molar refractivity (Wildman–Crippen MR) is 73.5 cm³/mol. The van der Waals surface area contributed by atoms with Crippen molar-refractivity contribution in [3.63, 3.8) is 0 Å². The van der Waals surface area contributed by atoms with Gasteiger partial charge in [-0.1, -0.05) is 43.7 Å². The van der Waals surface area contributed by atoms with Gasteiger partial charge >= 0.3 is 0 Å². The van der Waals surface area contributed by atoms with E-state index in [4.69, 9.17) is 12.2 Å². The van der Waals surface area contributed by atoms with E-state index in [1.54, 1.807) is 0 Å². The zero-order valence-electron chi connectivity index (χ0n) is 10.0. The summed E-state index contributed by atoms with van der Waals surface area (Å²) in [4.78, 5) is 11.4. The van der Waals surface area contributed by atoms with Gasteiger partial charge in [0.25, 0.3) is 0 Å². The molecule has 0 heterocycles. The van der Waals surface area contributed by atoms with Crippen LogP contribution in [0.15, 0.2) is 30.3 Å². The highest BCUT2D eigenvalue weighted by atomic mass is 32.1. The van der Waals surface area contributed by atoms with Crippen LogP contribution < -0.4 is 10.6 Å². The highest BCUT2D eigenvalue weighted by Gasteiger charge is 2.03. The maximum absolute atomic E-state index is 11.4. The maximum atomic E-state index is 11.4. The lowest BCUT2D eigenvalue weighted by molar-refractivity contribution is -0.119. The molecule has 1 aromatic carbocycles. The monoisotopic (exact) mass is 250 g/mol. The van der Waals surface area contributed by atoms with E-state index in [-0.39, 0.29) is 5.91 Å². The van der Waals surface area contributed by atoms with Gasteiger partial charge in [-0.15, -0.1) is 0 Å². The van der Waals surface area contributed by atoms with Crippen molar-refractivity contribution in [3.05, 3.63) is 35.9 Å². The Kier molecular flexibility index (Phi) is 6.25. The van der Waals surface area contributed by atoms with Gasteiger partial charge in [0.05, 0.1) is 0 Å². The standard InChI is InChI=1S/C13H18N2OS/c1-2-3-9-12(16)15-13(17)14-10-11-7-5-4-6-8-11/h4-8H,2-3,9-10H2,1H3,(H2,14,15,16,17). The van der Waals surface area contributed by atoms with E-state index in [1.165, 1.54) is 0 Å². The normalized spacial score (nSPS) is 9.71. The van der Waals surface area contributed by atoms with Gasteiger partial charge in [-0.2, -0.15) is 0 Å². The maximum Gasteiger partial charge on any atom is 0.226 e. The smallest absolute Gasteiger partial charge is 0.226 e. The van der Waals surface area contributed by atoms with Crippen molar-refractivity contribution in [2.75, 3.05) is 0 Å². The van der Waals surface area contributed by atoms with E-state index in [9.17, 15) is 4.79 Å². The van der Waals surface area contributed by atoms with Gasteiger partial charge in [-0.3, -0.25) is 4.79 Å². The Morgan fingerprint density at radius 2 is 2.00 bits per heavy atom. The number of thiocarbonyl (C=S) groups is 1. The first-order valence-corrected chi connectivity index (χ1v) is 6.24. The molecule has 0 aliphatic carbocycles. The zero-order chi connectivity index (χ0) is 12.5. The molecule has 0 saturated heterocycles. The van der Waals surface area contributed by atoms with Gasteiger partial charge in [0, 0.05) is 13.0 Å². The number of amides is 1. The number of benzene rings is 1. The minimum Gasteiger partial charge on any atom is -0.358 e. The van der Waals surface area contributed by atoms with Gasteiger partial charge in [0.1, 0.15) is 0 Å². The Hall–Kier alpha value is -1.42. The summed E-state index contributed by atoms with van der Waals surface area (Å²) in [5.41, 5.74) is 1.14. The Bertz CT molecular complexity index is 365. The highest BCUT2D eigenvalue weighted by molar-refractivity contribution is 7.80. The zero-order valence-corrected chi connectivity index (χ0v) is 10.8.